The summed E-state index contributed by atoms with van der Waals surface area (Å²) < 4.78 is 37.5. The molecule has 6 heteroatoms. The number of rotatable bonds is 7. The van der Waals surface area contributed by atoms with E-state index in [-0.39, 0.29) is 19.0 Å². The van der Waals surface area contributed by atoms with E-state index in [4.69, 9.17) is 9.05 Å². The first-order chi connectivity index (χ1) is 11.0. The molecule has 0 fully saturated rings. The Hall–Kier alpha value is -1.68. The van der Waals surface area contributed by atoms with Crippen LogP contribution in [0.15, 0.2) is 48.5 Å². The second-order valence-electron chi connectivity index (χ2n) is 4.89. The van der Waals surface area contributed by atoms with Crippen molar-refractivity contribution in [3.63, 3.8) is 0 Å². The fourth-order valence-electron chi connectivity index (χ4n) is 2.44. The third-order valence-electron chi connectivity index (χ3n) is 3.35. The zero-order valence-corrected chi connectivity index (χ0v) is 14.0. The molecule has 0 spiro atoms. The van der Waals surface area contributed by atoms with Crippen LogP contribution in [0.5, 0.6) is 5.75 Å². The van der Waals surface area contributed by atoms with E-state index in [1.54, 1.807) is 32.0 Å². The van der Waals surface area contributed by atoms with E-state index in [1.165, 1.54) is 30.3 Å². The second kappa shape index (κ2) is 7.73. The molecule has 0 aliphatic rings. The monoisotopic (exact) mass is 338 g/mol. The highest BCUT2D eigenvalue weighted by Gasteiger charge is 2.39. The lowest BCUT2D eigenvalue weighted by Gasteiger charge is -2.27. The average Bonchev–Trinajstić information content (AvgIpc) is 2.52. The van der Waals surface area contributed by atoms with Crippen molar-refractivity contribution >= 4 is 7.60 Å². The van der Waals surface area contributed by atoms with Gasteiger partial charge >= 0.3 is 7.60 Å². The van der Waals surface area contributed by atoms with Crippen molar-refractivity contribution in [3.05, 3.63) is 65.5 Å². The van der Waals surface area contributed by atoms with Gasteiger partial charge < -0.3 is 14.2 Å². The Morgan fingerprint density at radius 3 is 2.13 bits per heavy atom. The minimum atomic E-state index is -3.60. The first-order valence-electron chi connectivity index (χ1n) is 7.44. The summed E-state index contributed by atoms with van der Waals surface area (Å²) in [6.07, 6.45) is 0. The summed E-state index contributed by atoms with van der Waals surface area (Å²) in [5.41, 5.74) is 0.145. The Morgan fingerprint density at radius 2 is 1.61 bits per heavy atom. The molecule has 0 radical (unpaired) electrons. The van der Waals surface area contributed by atoms with E-state index in [9.17, 15) is 14.1 Å². The Labute approximate surface area is 135 Å². The highest BCUT2D eigenvalue weighted by atomic mass is 31.2. The molecule has 0 bridgehead atoms. The molecule has 1 unspecified atom stereocenters. The zero-order chi connectivity index (χ0) is 16.9. The predicted molar refractivity (Wildman–Crippen MR) is 87.2 cm³/mol. The Balaban J connectivity index is 2.61. The fourth-order valence-corrected chi connectivity index (χ4v) is 4.63. The number of hydrogen-bond donors (Lipinski definition) is 1. The first-order valence-corrected chi connectivity index (χ1v) is 9.05. The number of phenolic OH excluding ortho intramolecular Hbond substituents is 1. The van der Waals surface area contributed by atoms with Crippen molar-refractivity contribution in [1.82, 2.24) is 0 Å². The number of halogens is 1. The normalized spacial score (nSPS) is 13.0. The van der Waals surface area contributed by atoms with Gasteiger partial charge in [-0.3, -0.25) is 4.57 Å². The molecule has 4 nitrogen and oxygen atoms in total. The average molecular weight is 338 g/mol. The maximum absolute atomic E-state index is 13.3. The van der Waals surface area contributed by atoms with Crippen molar-refractivity contribution < 1.29 is 23.1 Å². The van der Waals surface area contributed by atoms with Crippen LogP contribution in [0, 0.1) is 5.82 Å². The van der Waals surface area contributed by atoms with Crippen molar-refractivity contribution in [2.75, 3.05) is 13.2 Å². The summed E-state index contributed by atoms with van der Waals surface area (Å²) in [6, 6.07) is 12.2. The second-order valence-corrected chi connectivity index (χ2v) is 7.00. The summed E-state index contributed by atoms with van der Waals surface area (Å²) in [6.45, 7) is 3.83. The molecular weight excluding hydrogens is 318 g/mol. The van der Waals surface area contributed by atoms with E-state index in [1.807, 2.05) is 0 Å². The molecule has 0 aliphatic carbocycles. The van der Waals surface area contributed by atoms with E-state index in [0.717, 1.165) is 0 Å². The topological polar surface area (TPSA) is 55.8 Å². The van der Waals surface area contributed by atoms with Gasteiger partial charge in [-0.2, -0.15) is 0 Å². The van der Waals surface area contributed by atoms with Gasteiger partial charge in [-0.1, -0.05) is 30.3 Å². The van der Waals surface area contributed by atoms with Gasteiger partial charge in [0, 0.05) is 5.56 Å². The lowest BCUT2D eigenvalue weighted by Crippen LogP contribution is -2.09. The maximum Gasteiger partial charge on any atom is 0.342 e. The van der Waals surface area contributed by atoms with Gasteiger partial charge in [0.2, 0.25) is 0 Å². The summed E-state index contributed by atoms with van der Waals surface area (Å²) >= 11 is 0. The minimum Gasteiger partial charge on any atom is -0.508 e. The maximum atomic E-state index is 13.3. The molecule has 1 atom stereocenters. The zero-order valence-electron chi connectivity index (χ0n) is 13.1. The lowest BCUT2D eigenvalue weighted by atomic mass is 10.0. The molecule has 0 saturated carbocycles. The third kappa shape index (κ3) is 3.99. The smallest absolute Gasteiger partial charge is 0.342 e. The number of aromatic hydroxyl groups is 1. The van der Waals surface area contributed by atoms with Gasteiger partial charge in [0.25, 0.3) is 0 Å². The fraction of sp³-hybridized carbons (Fsp3) is 0.294. The van der Waals surface area contributed by atoms with Gasteiger partial charge in [0.15, 0.2) is 0 Å². The van der Waals surface area contributed by atoms with Crippen molar-refractivity contribution in [2.24, 2.45) is 0 Å². The van der Waals surface area contributed by atoms with Crippen LogP contribution in [0.3, 0.4) is 0 Å². The third-order valence-corrected chi connectivity index (χ3v) is 5.80. The summed E-state index contributed by atoms with van der Waals surface area (Å²) in [4.78, 5) is 0. The highest BCUT2D eigenvalue weighted by molar-refractivity contribution is 7.54. The molecule has 0 aromatic heterocycles. The molecule has 2 aromatic carbocycles. The number of benzene rings is 2. The Morgan fingerprint density at radius 1 is 1.04 bits per heavy atom. The largest absolute Gasteiger partial charge is 0.508 e. The van der Waals surface area contributed by atoms with E-state index >= 15 is 0 Å². The molecule has 2 aromatic rings. The molecule has 0 aliphatic heterocycles. The van der Waals surface area contributed by atoms with Crippen LogP contribution in [-0.2, 0) is 13.6 Å². The van der Waals surface area contributed by atoms with Gasteiger partial charge in [-0.15, -0.1) is 0 Å². The molecule has 1 N–H and O–H groups in total. The molecule has 0 amide bonds. The number of para-hydroxylation sites is 1. The summed E-state index contributed by atoms with van der Waals surface area (Å²) in [5.74, 6) is -0.408. The van der Waals surface area contributed by atoms with Gasteiger partial charge in [-0.25, -0.2) is 4.39 Å². The van der Waals surface area contributed by atoms with Crippen molar-refractivity contribution in [1.29, 1.82) is 0 Å². The quantitative estimate of drug-likeness (QED) is 0.731. The highest BCUT2D eigenvalue weighted by Crippen LogP contribution is 2.64. The summed E-state index contributed by atoms with van der Waals surface area (Å²) in [5, 5.41) is 10.2. The molecule has 23 heavy (non-hydrogen) atoms. The van der Waals surface area contributed by atoms with Crippen LogP contribution < -0.4 is 0 Å². The van der Waals surface area contributed by atoms with Crippen LogP contribution in [0.2, 0.25) is 0 Å². The van der Waals surface area contributed by atoms with Crippen molar-refractivity contribution in [3.8, 4) is 5.75 Å². The van der Waals surface area contributed by atoms with Gasteiger partial charge in [-0.05, 0) is 37.6 Å². The number of phenols is 1. The lowest BCUT2D eigenvalue weighted by molar-refractivity contribution is 0.214. The van der Waals surface area contributed by atoms with Crippen LogP contribution in [0.1, 0.15) is 30.6 Å². The van der Waals surface area contributed by atoms with E-state index in [2.05, 4.69) is 0 Å². The van der Waals surface area contributed by atoms with Crippen LogP contribution >= 0.6 is 7.60 Å². The minimum absolute atomic E-state index is 0.0125. The Bertz CT molecular complexity index is 677. The van der Waals surface area contributed by atoms with Gasteiger partial charge in [0.1, 0.15) is 17.2 Å². The molecule has 124 valence electrons. The molecule has 0 heterocycles. The van der Waals surface area contributed by atoms with E-state index in [0.29, 0.717) is 11.1 Å². The Kier molecular flexibility index (Phi) is 5.94. The van der Waals surface area contributed by atoms with Crippen LogP contribution in [0.25, 0.3) is 0 Å². The van der Waals surface area contributed by atoms with E-state index < -0.39 is 19.1 Å². The van der Waals surface area contributed by atoms with Crippen LogP contribution in [-0.4, -0.2) is 18.3 Å². The van der Waals surface area contributed by atoms with Crippen molar-refractivity contribution in [2.45, 2.75) is 19.5 Å². The molecular formula is C17H20FO4P. The molecule has 2 rings (SSSR count). The first kappa shape index (κ1) is 17.7. The number of hydrogen-bond acceptors (Lipinski definition) is 4. The predicted octanol–water partition coefficient (Wildman–Crippen LogP) is 4.89. The van der Waals surface area contributed by atoms with Crippen LogP contribution in [0.4, 0.5) is 4.39 Å². The standard InChI is InChI=1S/C17H20FO4P/c1-3-21-23(20,22-4-2)17(13-9-11-14(18)12-10-13)15-7-5-6-8-16(15)19/h5-12,17,19H,3-4H2,1-2H3. The van der Waals surface area contributed by atoms with Gasteiger partial charge in [0.05, 0.1) is 13.2 Å². The SMILES string of the molecule is CCOP(=O)(OCC)C(c1ccc(F)cc1)c1ccccc1O. The summed E-state index contributed by atoms with van der Waals surface area (Å²) in [7, 11) is -3.60. The molecule has 0 saturated heterocycles.